The number of carbonyl (C=O) groups excluding carboxylic acids is 2. The van der Waals surface area contributed by atoms with Crippen LogP contribution in [0.1, 0.15) is 58.0 Å². The number of rotatable bonds is 2. The number of amides is 2. The maximum absolute atomic E-state index is 12.9. The van der Waals surface area contributed by atoms with Gasteiger partial charge in [0.05, 0.1) is 16.3 Å². The number of nitrogens with one attached hydrogen (secondary N) is 1. The molecular formula is C23H27N3O3S2. The topological polar surface area (TPSA) is 71.5 Å². The van der Waals surface area contributed by atoms with E-state index in [1.54, 1.807) is 11.3 Å². The van der Waals surface area contributed by atoms with E-state index in [0.717, 1.165) is 36.2 Å². The van der Waals surface area contributed by atoms with Crippen molar-refractivity contribution < 1.29 is 14.3 Å². The molecule has 0 fully saturated rings. The number of nitrogens with zero attached hydrogens (tertiary/aromatic N) is 2. The second-order valence-electron chi connectivity index (χ2n) is 8.93. The summed E-state index contributed by atoms with van der Waals surface area (Å²) in [6.45, 7) is 11.2. The summed E-state index contributed by atoms with van der Waals surface area (Å²) in [6.07, 6.45) is 0.370. The molecule has 1 aliphatic heterocycles. The fraction of sp³-hybridized carbons (Fsp3) is 0.435. The Kier molecular flexibility index (Phi) is 5.55. The van der Waals surface area contributed by atoms with Crippen molar-refractivity contribution in [2.45, 2.75) is 65.6 Å². The number of thiophene rings is 1. The number of anilines is 1. The van der Waals surface area contributed by atoms with Crippen molar-refractivity contribution in [1.29, 1.82) is 0 Å². The smallest absolute Gasteiger partial charge is 0.411 e. The van der Waals surface area contributed by atoms with Gasteiger partial charge in [-0.1, -0.05) is 12.1 Å². The Morgan fingerprint density at radius 1 is 1.19 bits per heavy atom. The average molecular weight is 458 g/mol. The van der Waals surface area contributed by atoms with E-state index < -0.39 is 5.60 Å². The molecule has 2 atom stereocenters. The van der Waals surface area contributed by atoms with E-state index in [1.807, 2.05) is 57.7 Å². The van der Waals surface area contributed by atoms with Gasteiger partial charge in [-0.05, 0) is 58.7 Å². The van der Waals surface area contributed by atoms with Crippen molar-refractivity contribution in [2.75, 3.05) is 5.32 Å². The number of aromatic nitrogens is 1. The van der Waals surface area contributed by atoms with Gasteiger partial charge in [-0.15, -0.1) is 22.7 Å². The lowest BCUT2D eigenvalue weighted by Crippen LogP contribution is -2.46. The Balaban J connectivity index is 1.81. The first kappa shape index (κ1) is 21.8. The van der Waals surface area contributed by atoms with Gasteiger partial charge in [0.2, 0.25) is 5.91 Å². The molecule has 0 saturated heterocycles. The Bertz CT molecular complexity index is 1130. The molecule has 2 amide bonds. The molecule has 0 saturated carbocycles. The van der Waals surface area contributed by atoms with Gasteiger partial charge in [0, 0.05) is 23.4 Å². The van der Waals surface area contributed by atoms with Crippen LogP contribution in [0.25, 0.3) is 20.8 Å². The van der Waals surface area contributed by atoms with E-state index >= 15 is 0 Å². The standard InChI is InChI=1S/C23H27N3O3S2/c1-12-11-15-18(21-25-16-9-7-8-10-17(16)30-21)20(24-14(3)27)31-19(15)13(2)26(12)22(28)29-23(4,5)6/h7-10,12-13H,11H2,1-6H3,(H,24,27)/t12-,13+/m1/s1. The molecule has 8 heteroatoms. The second kappa shape index (κ2) is 7.91. The molecule has 0 radical (unpaired) electrons. The van der Waals surface area contributed by atoms with Crippen LogP contribution in [0.3, 0.4) is 0 Å². The molecule has 164 valence electrons. The lowest BCUT2D eigenvalue weighted by molar-refractivity contribution is -0.114. The van der Waals surface area contributed by atoms with E-state index in [4.69, 9.17) is 9.72 Å². The maximum Gasteiger partial charge on any atom is 0.411 e. The summed E-state index contributed by atoms with van der Waals surface area (Å²) < 4.78 is 6.78. The van der Waals surface area contributed by atoms with Crippen LogP contribution in [-0.4, -0.2) is 33.5 Å². The zero-order valence-electron chi connectivity index (χ0n) is 18.6. The number of hydrogen-bond acceptors (Lipinski definition) is 6. The minimum absolute atomic E-state index is 0.0368. The molecule has 0 aliphatic carbocycles. The van der Waals surface area contributed by atoms with Gasteiger partial charge < -0.3 is 10.1 Å². The number of ether oxygens (including phenoxy) is 1. The highest BCUT2D eigenvalue weighted by Gasteiger charge is 2.39. The van der Waals surface area contributed by atoms with E-state index in [-0.39, 0.29) is 24.1 Å². The highest BCUT2D eigenvalue weighted by molar-refractivity contribution is 7.23. The first-order valence-electron chi connectivity index (χ1n) is 10.4. The second-order valence-corrected chi connectivity index (χ2v) is 11.0. The fourth-order valence-electron chi connectivity index (χ4n) is 4.03. The minimum atomic E-state index is -0.556. The van der Waals surface area contributed by atoms with Crippen molar-refractivity contribution >= 4 is 49.9 Å². The van der Waals surface area contributed by atoms with Crippen LogP contribution in [0.4, 0.5) is 9.80 Å². The van der Waals surface area contributed by atoms with Gasteiger partial charge in [-0.2, -0.15) is 0 Å². The molecule has 2 aromatic heterocycles. The van der Waals surface area contributed by atoms with Crippen molar-refractivity contribution in [3.05, 3.63) is 34.7 Å². The Hall–Kier alpha value is -2.45. The van der Waals surface area contributed by atoms with Gasteiger partial charge in [-0.3, -0.25) is 9.69 Å². The van der Waals surface area contributed by atoms with E-state index in [0.29, 0.717) is 6.42 Å². The van der Waals surface area contributed by atoms with Crippen molar-refractivity contribution in [1.82, 2.24) is 9.88 Å². The number of hydrogen-bond donors (Lipinski definition) is 1. The number of carbonyl (C=O) groups is 2. The van der Waals surface area contributed by atoms with Crippen LogP contribution in [0.15, 0.2) is 24.3 Å². The van der Waals surface area contributed by atoms with Gasteiger partial charge >= 0.3 is 6.09 Å². The van der Waals surface area contributed by atoms with Gasteiger partial charge in [0.1, 0.15) is 15.6 Å². The molecule has 0 unspecified atom stereocenters. The van der Waals surface area contributed by atoms with Crippen LogP contribution in [0, 0.1) is 0 Å². The zero-order valence-corrected chi connectivity index (χ0v) is 20.2. The summed E-state index contributed by atoms with van der Waals surface area (Å²) in [5.41, 5.74) is 2.54. The molecule has 1 N–H and O–H groups in total. The summed E-state index contributed by atoms with van der Waals surface area (Å²) in [5.74, 6) is -0.120. The highest BCUT2D eigenvalue weighted by Crippen LogP contribution is 2.49. The lowest BCUT2D eigenvalue weighted by Gasteiger charge is -2.39. The Morgan fingerprint density at radius 2 is 1.90 bits per heavy atom. The first-order valence-corrected chi connectivity index (χ1v) is 12.0. The molecule has 3 heterocycles. The van der Waals surface area contributed by atoms with Crippen LogP contribution in [0.5, 0.6) is 0 Å². The number of benzene rings is 1. The average Bonchev–Trinajstić information content (AvgIpc) is 3.20. The summed E-state index contributed by atoms with van der Waals surface area (Å²) in [7, 11) is 0. The van der Waals surface area contributed by atoms with Gasteiger partial charge in [0.15, 0.2) is 0 Å². The number of fused-ring (bicyclic) bond motifs is 2. The van der Waals surface area contributed by atoms with Crippen molar-refractivity contribution in [2.24, 2.45) is 0 Å². The van der Waals surface area contributed by atoms with Crippen LogP contribution in [0.2, 0.25) is 0 Å². The largest absolute Gasteiger partial charge is 0.444 e. The summed E-state index contributed by atoms with van der Waals surface area (Å²) in [6, 6.07) is 7.85. The molecule has 1 aliphatic rings. The molecule has 0 spiro atoms. The van der Waals surface area contributed by atoms with Crippen molar-refractivity contribution in [3.8, 4) is 10.6 Å². The van der Waals surface area contributed by atoms with Crippen molar-refractivity contribution in [3.63, 3.8) is 0 Å². The van der Waals surface area contributed by atoms with Crippen LogP contribution >= 0.6 is 22.7 Å². The predicted molar refractivity (Wildman–Crippen MR) is 127 cm³/mol. The molecule has 3 aromatic rings. The van der Waals surface area contributed by atoms with Gasteiger partial charge in [-0.25, -0.2) is 9.78 Å². The quantitative estimate of drug-likeness (QED) is 0.495. The Labute approximate surface area is 190 Å². The SMILES string of the molecule is CC(=O)Nc1sc2c(c1-c1nc3ccccc3s1)C[C@@H](C)N(C(=O)OC(C)(C)C)[C@H]2C. The van der Waals surface area contributed by atoms with Crippen LogP contribution < -0.4 is 5.32 Å². The first-order chi connectivity index (χ1) is 14.5. The minimum Gasteiger partial charge on any atom is -0.444 e. The summed E-state index contributed by atoms with van der Waals surface area (Å²) in [4.78, 5) is 32.6. The van der Waals surface area contributed by atoms with E-state index in [1.165, 1.54) is 18.3 Å². The van der Waals surface area contributed by atoms with E-state index in [2.05, 4.69) is 11.4 Å². The van der Waals surface area contributed by atoms with Gasteiger partial charge in [0.25, 0.3) is 0 Å². The predicted octanol–water partition coefficient (Wildman–Crippen LogP) is 6.23. The molecule has 31 heavy (non-hydrogen) atoms. The number of thiazole rings is 1. The number of para-hydroxylation sites is 1. The molecular weight excluding hydrogens is 430 g/mol. The normalized spacial score (nSPS) is 18.7. The monoisotopic (exact) mass is 457 g/mol. The van der Waals surface area contributed by atoms with Crippen LogP contribution in [-0.2, 0) is 16.0 Å². The zero-order chi connectivity index (χ0) is 22.5. The molecule has 6 nitrogen and oxygen atoms in total. The molecule has 4 rings (SSSR count). The summed E-state index contributed by atoms with van der Waals surface area (Å²) in [5, 5.41) is 4.69. The third kappa shape index (κ3) is 4.19. The third-order valence-corrected chi connectivity index (χ3v) is 7.58. The third-order valence-electron chi connectivity index (χ3n) is 5.21. The van der Waals surface area contributed by atoms with E-state index in [9.17, 15) is 9.59 Å². The molecule has 0 bridgehead atoms. The Morgan fingerprint density at radius 3 is 2.55 bits per heavy atom. The lowest BCUT2D eigenvalue weighted by atomic mass is 9.93. The molecule has 1 aromatic carbocycles. The maximum atomic E-state index is 12.9. The fourth-order valence-corrected chi connectivity index (χ4v) is 6.47. The summed E-state index contributed by atoms with van der Waals surface area (Å²) >= 11 is 3.16. The highest BCUT2D eigenvalue weighted by atomic mass is 32.1.